The average Bonchev–Trinajstić information content (AvgIpc) is 2.32. The minimum absolute atomic E-state index is 0.225. The van der Waals surface area contributed by atoms with Crippen LogP contribution in [0.4, 0.5) is 0 Å². The van der Waals surface area contributed by atoms with E-state index in [0.29, 0.717) is 12.6 Å². The fourth-order valence-corrected chi connectivity index (χ4v) is 2.53. The van der Waals surface area contributed by atoms with E-state index in [1.54, 1.807) is 0 Å². The number of aryl methyl sites for hydroxylation is 2. The number of benzene rings is 1. The number of piperidine rings is 1. The number of Topliss-reactive ketones (excluding diaryl/α,β-unsaturated/α-hetero) is 1. The first-order valence-electron chi connectivity index (χ1n) is 6.64. The summed E-state index contributed by atoms with van der Waals surface area (Å²) in [7, 11) is 0. The Balaban J connectivity index is 1.99. The number of carbonyl (C=O) groups is 1. The van der Waals surface area contributed by atoms with Crippen LogP contribution in [0.15, 0.2) is 18.2 Å². The lowest BCUT2D eigenvalue weighted by Crippen LogP contribution is -2.42. The smallest absolute Gasteiger partial charge is 0.177 e. The van der Waals surface area contributed by atoms with Crippen LogP contribution in [-0.2, 0) is 0 Å². The normalized spacial score (nSPS) is 17.9. The molecule has 3 heteroatoms. The van der Waals surface area contributed by atoms with Gasteiger partial charge in [-0.15, -0.1) is 0 Å². The molecule has 1 aromatic carbocycles. The Morgan fingerprint density at radius 2 is 2.00 bits per heavy atom. The third kappa shape index (κ3) is 3.18. The molecule has 1 saturated heterocycles. The lowest BCUT2D eigenvalue weighted by Gasteiger charge is -2.29. The Bertz CT molecular complexity index is 434. The van der Waals surface area contributed by atoms with Gasteiger partial charge >= 0.3 is 0 Å². The van der Waals surface area contributed by atoms with Gasteiger partial charge in [0.25, 0.3) is 0 Å². The Morgan fingerprint density at radius 1 is 1.33 bits per heavy atom. The molecule has 2 N–H and O–H groups in total. The van der Waals surface area contributed by atoms with Gasteiger partial charge < -0.3 is 5.73 Å². The first-order chi connectivity index (χ1) is 8.56. The molecule has 1 aliphatic rings. The highest BCUT2D eigenvalue weighted by molar-refractivity contribution is 5.98. The van der Waals surface area contributed by atoms with Gasteiger partial charge in [-0.3, -0.25) is 9.69 Å². The van der Waals surface area contributed by atoms with Crippen molar-refractivity contribution >= 4 is 5.78 Å². The van der Waals surface area contributed by atoms with Crippen LogP contribution in [0.5, 0.6) is 0 Å². The van der Waals surface area contributed by atoms with Gasteiger partial charge in [0.05, 0.1) is 6.54 Å². The highest BCUT2D eigenvalue weighted by Gasteiger charge is 2.19. The van der Waals surface area contributed by atoms with Crippen LogP contribution in [0.2, 0.25) is 0 Å². The molecule has 98 valence electrons. The maximum Gasteiger partial charge on any atom is 0.177 e. The molecule has 0 aromatic heterocycles. The monoisotopic (exact) mass is 246 g/mol. The summed E-state index contributed by atoms with van der Waals surface area (Å²) in [6, 6.07) is 6.34. The largest absolute Gasteiger partial charge is 0.328 e. The molecule has 0 spiro atoms. The van der Waals surface area contributed by atoms with E-state index in [9.17, 15) is 4.79 Å². The predicted molar refractivity (Wildman–Crippen MR) is 73.9 cm³/mol. The zero-order chi connectivity index (χ0) is 13.1. The fourth-order valence-electron chi connectivity index (χ4n) is 2.53. The molecule has 18 heavy (non-hydrogen) atoms. The molecule has 0 aliphatic carbocycles. The van der Waals surface area contributed by atoms with E-state index in [-0.39, 0.29) is 5.78 Å². The van der Waals surface area contributed by atoms with Crippen molar-refractivity contribution in [2.75, 3.05) is 19.6 Å². The molecule has 1 aliphatic heterocycles. The van der Waals surface area contributed by atoms with Gasteiger partial charge in [-0.05, 0) is 32.3 Å². The molecular formula is C15H22N2O. The van der Waals surface area contributed by atoms with Crippen LogP contribution in [0, 0.1) is 13.8 Å². The second kappa shape index (κ2) is 5.63. The number of ketones is 1. The van der Waals surface area contributed by atoms with E-state index in [0.717, 1.165) is 37.1 Å². The molecule has 1 heterocycles. The summed E-state index contributed by atoms with van der Waals surface area (Å²) in [5.74, 6) is 0.225. The summed E-state index contributed by atoms with van der Waals surface area (Å²) >= 11 is 0. The zero-order valence-electron chi connectivity index (χ0n) is 11.3. The highest BCUT2D eigenvalue weighted by atomic mass is 16.1. The zero-order valence-corrected chi connectivity index (χ0v) is 11.3. The summed E-state index contributed by atoms with van der Waals surface area (Å²) in [6.45, 7) is 6.46. The summed E-state index contributed by atoms with van der Waals surface area (Å²) in [4.78, 5) is 14.5. The Kier molecular flexibility index (Phi) is 4.15. The second-order valence-electron chi connectivity index (χ2n) is 5.36. The van der Waals surface area contributed by atoms with Gasteiger partial charge in [0.1, 0.15) is 0 Å². The number of likely N-dealkylation sites (tertiary alicyclic amines) is 1. The molecule has 0 atom stereocenters. The van der Waals surface area contributed by atoms with Crippen molar-refractivity contribution in [3.63, 3.8) is 0 Å². The van der Waals surface area contributed by atoms with Crippen molar-refractivity contribution < 1.29 is 4.79 Å². The summed E-state index contributed by atoms with van der Waals surface area (Å²) in [5.41, 5.74) is 9.00. The van der Waals surface area contributed by atoms with Crippen molar-refractivity contribution in [3.05, 3.63) is 34.9 Å². The Morgan fingerprint density at radius 3 is 2.61 bits per heavy atom. The standard InChI is InChI=1S/C15H22N2O/c1-11-3-4-14(12(2)9-11)15(18)10-17-7-5-13(16)6-8-17/h3-4,9,13H,5-8,10,16H2,1-2H3. The first kappa shape index (κ1) is 13.2. The van der Waals surface area contributed by atoms with E-state index in [1.807, 2.05) is 26.0 Å². The number of hydrogen-bond donors (Lipinski definition) is 1. The minimum Gasteiger partial charge on any atom is -0.328 e. The lowest BCUT2D eigenvalue weighted by atomic mass is 10.0. The van der Waals surface area contributed by atoms with Gasteiger partial charge in [-0.1, -0.05) is 23.8 Å². The topological polar surface area (TPSA) is 46.3 Å². The second-order valence-corrected chi connectivity index (χ2v) is 5.36. The number of rotatable bonds is 3. The molecule has 0 radical (unpaired) electrons. The van der Waals surface area contributed by atoms with E-state index >= 15 is 0 Å². The van der Waals surface area contributed by atoms with Crippen LogP contribution >= 0.6 is 0 Å². The number of carbonyl (C=O) groups excluding carboxylic acids is 1. The number of nitrogens with zero attached hydrogens (tertiary/aromatic N) is 1. The predicted octanol–water partition coefficient (Wildman–Crippen LogP) is 1.91. The molecule has 1 fully saturated rings. The number of hydrogen-bond acceptors (Lipinski definition) is 3. The van der Waals surface area contributed by atoms with Crippen LogP contribution < -0.4 is 5.73 Å². The van der Waals surface area contributed by atoms with Gasteiger partial charge in [-0.2, -0.15) is 0 Å². The van der Waals surface area contributed by atoms with E-state index < -0.39 is 0 Å². The summed E-state index contributed by atoms with van der Waals surface area (Å²) in [5, 5.41) is 0. The molecule has 0 saturated carbocycles. The maximum absolute atomic E-state index is 12.3. The SMILES string of the molecule is Cc1ccc(C(=O)CN2CCC(N)CC2)c(C)c1. The van der Waals surface area contributed by atoms with Crippen LogP contribution in [-0.4, -0.2) is 36.4 Å². The summed E-state index contributed by atoms with van der Waals surface area (Å²) in [6.07, 6.45) is 2.00. The van der Waals surface area contributed by atoms with Crippen molar-refractivity contribution in [2.45, 2.75) is 32.7 Å². The third-order valence-electron chi connectivity index (χ3n) is 3.68. The molecule has 3 nitrogen and oxygen atoms in total. The molecule has 0 unspecified atom stereocenters. The van der Waals surface area contributed by atoms with Crippen molar-refractivity contribution in [2.24, 2.45) is 5.73 Å². The third-order valence-corrected chi connectivity index (χ3v) is 3.68. The molecule has 0 bridgehead atoms. The average molecular weight is 246 g/mol. The van der Waals surface area contributed by atoms with E-state index in [4.69, 9.17) is 5.73 Å². The Labute approximate surface area is 109 Å². The van der Waals surface area contributed by atoms with Crippen molar-refractivity contribution in [3.8, 4) is 0 Å². The van der Waals surface area contributed by atoms with Crippen molar-refractivity contribution in [1.29, 1.82) is 0 Å². The van der Waals surface area contributed by atoms with Crippen LogP contribution in [0.3, 0.4) is 0 Å². The van der Waals surface area contributed by atoms with E-state index in [2.05, 4.69) is 11.0 Å². The minimum atomic E-state index is 0.225. The summed E-state index contributed by atoms with van der Waals surface area (Å²) < 4.78 is 0. The van der Waals surface area contributed by atoms with Crippen molar-refractivity contribution in [1.82, 2.24) is 4.90 Å². The van der Waals surface area contributed by atoms with Gasteiger partial charge in [0.2, 0.25) is 0 Å². The van der Waals surface area contributed by atoms with Gasteiger partial charge in [0, 0.05) is 24.7 Å². The number of nitrogens with two attached hydrogens (primary N) is 1. The first-order valence-corrected chi connectivity index (χ1v) is 6.64. The quantitative estimate of drug-likeness (QED) is 0.829. The lowest BCUT2D eigenvalue weighted by molar-refractivity contribution is 0.0909. The molecule has 1 aromatic rings. The van der Waals surface area contributed by atoms with Crippen LogP contribution in [0.25, 0.3) is 0 Å². The van der Waals surface area contributed by atoms with Gasteiger partial charge in [-0.25, -0.2) is 0 Å². The fraction of sp³-hybridized carbons (Fsp3) is 0.533. The van der Waals surface area contributed by atoms with Gasteiger partial charge in [0.15, 0.2) is 5.78 Å². The maximum atomic E-state index is 12.3. The molecular weight excluding hydrogens is 224 g/mol. The highest BCUT2D eigenvalue weighted by Crippen LogP contribution is 2.14. The molecule has 2 rings (SSSR count). The van der Waals surface area contributed by atoms with E-state index in [1.165, 1.54) is 5.56 Å². The van der Waals surface area contributed by atoms with Crippen LogP contribution in [0.1, 0.15) is 34.3 Å². The molecule has 0 amide bonds. The Hall–Kier alpha value is -1.19.